The number of hydrogen-bond donors (Lipinski definition) is 2. The molecule has 0 aromatic rings. The standard InChI is InChI=1S/C13H24N4O3/c1-16-5-7-17(8-6-16)12(18)2-3-15-13(19)11-10-14-4-9-20-11/h11,14H,2-10H2,1H3,(H,15,19). The molecule has 114 valence electrons. The summed E-state index contributed by atoms with van der Waals surface area (Å²) in [7, 11) is 2.06. The predicted molar refractivity (Wildman–Crippen MR) is 74.3 cm³/mol. The number of morpholine rings is 1. The van der Waals surface area contributed by atoms with E-state index < -0.39 is 6.10 Å². The molecule has 2 amide bonds. The van der Waals surface area contributed by atoms with Gasteiger partial charge >= 0.3 is 0 Å². The van der Waals surface area contributed by atoms with Crippen LogP contribution in [-0.4, -0.2) is 87.2 Å². The number of piperazine rings is 1. The molecule has 20 heavy (non-hydrogen) atoms. The van der Waals surface area contributed by atoms with Gasteiger partial charge in [0, 0.05) is 52.2 Å². The highest BCUT2D eigenvalue weighted by Crippen LogP contribution is 2.02. The molecule has 1 atom stereocenters. The maximum atomic E-state index is 12.0. The van der Waals surface area contributed by atoms with Crippen LogP contribution in [0.4, 0.5) is 0 Å². The summed E-state index contributed by atoms with van der Waals surface area (Å²) in [5, 5.41) is 5.87. The first-order valence-electron chi connectivity index (χ1n) is 7.23. The monoisotopic (exact) mass is 284 g/mol. The first-order valence-corrected chi connectivity index (χ1v) is 7.23. The van der Waals surface area contributed by atoms with Crippen molar-refractivity contribution >= 4 is 11.8 Å². The second-order valence-electron chi connectivity index (χ2n) is 5.29. The number of likely N-dealkylation sites (N-methyl/N-ethyl adjacent to an activating group) is 1. The van der Waals surface area contributed by atoms with Crippen LogP contribution >= 0.6 is 0 Å². The van der Waals surface area contributed by atoms with E-state index in [1.54, 1.807) is 0 Å². The van der Waals surface area contributed by atoms with Gasteiger partial charge in [-0.15, -0.1) is 0 Å². The number of hydrogen-bond acceptors (Lipinski definition) is 5. The molecule has 0 spiro atoms. The number of nitrogens with one attached hydrogen (secondary N) is 2. The van der Waals surface area contributed by atoms with Gasteiger partial charge in [-0.05, 0) is 7.05 Å². The fourth-order valence-corrected chi connectivity index (χ4v) is 2.35. The molecule has 2 aliphatic rings. The van der Waals surface area contributed by atoms with Gasteiger partial charge in [-0.3, -0.25) is 9.59 Å². The molecule has 1 unspecified atom stereocenters. The van der Waals surface area contributed by atoms with Crippen LogP contribution in [0.25, 0.3) is 0 Å². The van der Waals surface area contributed by atoms with Gasteiger partial charge in [0.25, 0.3) is 0 Å². The highest BCUT2D eigenvalue weighted by Gasteiger charge is 2.22. The van der Waals surface area contributed by atoms with Crippen molar-refractivity contribution in [2.45, 2.75) is 12.5 Å². The lowest BCUT2D eigenvalue weighted by atomic mass is 10.2. The summed E-state index contributed by atoms with van der Waals surface area (Å²) in [6.45, 7) is 5.64. The molecule has 2 heterocycles. The summed E-state index contributed by atoms with van der Waals surface area (Å²) in [5.41, 5.74) is 0. The van der Waals surface area contributed by atoms with Crippen LogP contribution in [0.15, 0.2) is 0 Å². The van der Waals surface area contributed by atoms with Crippen molar-refractivity contribution in [3.8, 4) is 0 Å². The van der Waals surface area contributed by atoms with Gasteiger partial charge in [0.2, 0.25) is 11.8 Å². The van der Waals surface area contributed by atoms with E-state index in [9.17, 15) is 9.59 Å². The van der Waals surface area contributed by atoms with E-state index in [1.165, 1.54) is 0 Å². The zero-order valence-corrected chi connectivity index (χ0v) is 12.1. The van der Waals surface area contributed by atoms with Crippen molar-refractivity contribution < 1.29 is 14.3 Å². The zero-order valence-electron chi connectivity index (χ0n) is 12.1. The zero-order chi connectivity index (χ0) is 14.4. The second-order valence-corrected chi connectivity index (χ2v) is 5.29. The number of ether oxygens (including phenoxy) is 1. The first kappa shape index (κ1) is 15.2. The van der Waals surface area contributed by atoms with Crippen LogP contribution in [0.5, 0.6) is 0 Å². The number of amides is 2. The highest BCUT2D eigenvalue weighted by atomic mass is 16.5. The third-order valence-electron chi connectivity index (χ3n) is 3.71. The molecule has 7 nitrogen and oxygen atoms in total. The topological polar surface area (TPSA) is 73.9 Å². The van der Waals surface area contributed by atoms with Gasteiger partial charge in [0.1, 0.15) is 6.10 Å². The van der Waals surface area contributed by atoms with E-state index in [1.807, 2.05) is 4.90 Å². The van der Waals surface area contributed by atoms with E-state index in [-0.39, 0.29) is 11.8 Å². The van der Waals surface area contributed by atoms with Crippen molar-refractivity contribution in [3.63, 3.8) is 0 Å². The van der Waals surface area contributed by atoms with Crippen LogP contribution in [-0.2, 0) is 14.3 Å². The Balaban J connectivity index is 1.62. The average molecular weight is 284 g/mol. The highest BCUT2D eigenvalue weighted by molar-refractivity contribution is 5.82. The average Bonchev–Trinajstić information content (AvgIpc) is 2.48. The summed E-state index contributed by atoms with van der Waals surface area (Å²) in [6, 6.07) is 0. The van der Waals surface area contributed by atoms with Gasteiger partial charge in [0.05, 0.1) is 6.61 Å². The lowest BCUT2D eigenvalue weighted by Gasteiger charge is -2.32. The van der Waals surface area contributed by atoms with Gasteiger partial charge in [-0.25, -0.2) is 0 Å². The molecule has 0 aliphatic carbocycles. The van der Waals surface area contributed by atoms with Crippen LogP contribution in [0.1, 0.15) is 6.42 Å². The Kier molecular flexibility index (Phi) is 5.75. The molecular weight excluding hydrogens is 260 g/mol. The number of rotatable bonds is 4. The molecule has 7 heteroatoms. The van der Waals surface area contributed by atoms with Crippen molar-refractivity contribution in [2.75, 3.05) is 59.5 Å². The Bertz CT molecular complexity index is 337. The summed E-state index contributed by atoms with van der Waals surface area (Å²) >= 11 is 0. The Labute approximate surface area is 119 Å². The maximum absolute atomic E-state index is 12.0. The van der Waals surface area contributed by atoms with E-state index in [0.717, 1.165) is 32.7 Å². The minimum Gasteiger partial charge on any atom is -0.366 e. The smallest absolute Gasteiger partial charge is 0.250 e. The molecule has 2 rings (SSSR count). The maximum Gasteiger partial charge on any atom is 0.250 e. The Morgan fingerprint density at radius 2 is 2.05 bits per heavy atom. The lowest BCUT2D eigenvalue weighted by Crippen LogP contribution is -2.49. The molecule has 0 aromatic carbocycles. The van der Waals surface area contributed by atoms with Gasteiger partial charge in [-0.1, -0.05) is 0 Å². The lowest BCUT2D eigenvalue weighted by molar-refractivity contribution is -0.135. The minimum absolute atomic E-state index is 0.112. The van der Waals surface area contributed by atoms with Crippen molar-refractivity contribution in [1.29, 1.82) is 0 Å². The van der Waals surface area contributed by atoms with Crippen molar-refractivity contribution in [1.82, 2.24) is 20.4 Å². The van der Waals surface area contributed by atoms with Crippen LogP contribution < -0.4 is 10.6 Å². The SMILES string of the molecule is CN1CCN(C(=O)CCNC(=O)C2CNCCO2)CC1. The predicted octanol–water partition coefficient (Wildman–Crippen LogP) is -1.74. The minimum atomic E-state index is -0.428. The Morgan fingerprint density at radius 1 is 1.30 bits per heavy atom. The Morgan fingerprint density at radius 3 is 2.70 bits per heavy atom. The van der Waals surface area contributed by atoms with E-state index >= 15 is 0 Å². The molecule has 0 saturated carbocycles. The van der Waals surface area contributed by atoms with Gasteiger partial charge in [0.15, 0.2) is 0 Å². The fraction of sp³-hybridized carbons (Fsp3) is 0.846. The molecule has 0 aromatic heterocycles. The Hall–Kier alpha value is -1.18. The summed E-state index contributed by atoms with van der Waals surface area (Å²) in [4.78, 5) is 27.8. The largest absolute Gasteiger partial charge is 0.366 e. The third kappa shape index (κ3) is 4.43. The molecule has 2 saturated heterocycles. The van der Waals surface area contributed by atoms with Gasteiger partial charge < -0.3 is 25.2 Å². The number of nitrogens with zero attached hydrogens (tertiary/aromatic N) is 2. The molecule has 0 radical (unpaired) electrons. The number of carbonyl (C=O) groups is 2. The summed E-state index contributed by atoms with van der Waals surface area (Å²) in [5.74, 6) is -0.0236. The van der Waals surface area contributed by atoms with Crippen LogP contribution in [0, 0.1) is 0 Å². The quantitative estimate of drug-likeness (QED) is 0.641. The summed E-state index contributed by atoms with van der Waals surface area (Å²) < 4.78 is 5.35. The number of carbonyl (C=O) groups excluding carboxylic acids is 2. The third-order valence-corrected chi connectivity index (χ3v) is 3.71. The van der Waals surface area contributed by atoms with E-state index in [4.69, 9.17) is 4.74 Å². The van der Waals surface area contributed by atoms with Crippen LogP contribution in [0.3, 0.4) is 0 Å². The normalized spacial score (nSPS) is 24.4. The van der Waals surface area contributed by atoms with Crippen molar-refractivity contribution in [3.05, 3.63) is 0 Å². The second kappa shape index (κ2) is 7.56. The summed E-state index contributed by atoms with van der Waals surface area (Å²) in [6.07, 6.45) is -0.0715. The molecule has 0 bridgehead atoms. The fourth-order valence-electron chi connectivity index (χ4n) is 2.35. The molecular formula is C13H24N4O3. The van der Waals surface area contributed by atoms with E-state index in [2.05, 4.69) is 22.6 Å². The molecule has 2 fully saturated rings. The van der Waals surface area contributed by atoms with E-state index in [0.29, 0.717) is 26.1 Å². The van der Waals surface area contributed by atoms with Crippen molar-refractivity contribution in [2.24, 2.45) is 0 Å². The first-order chi connectivity index (χ1) is 9.66. The molecule has 2 N–H and O–H groups in total. The van der Waals surface area contributed by atoms with Crippen LogP contribution in [0.2, 0.25) is 0 Å². The molecule has 2 aliphatic heterocycles. The van der Waals surface area contributed by atoms with Gasteiger partial charge in [-0.2, -0.15) is 0 Å².